The van der Waals surface area contributed by atoms with E-state index >= 15 is 0 Å². The van der Waals surface area contributed by atoms with Crippen molar-refractivity contribution in [3.05, 3.63) is 0 Å². The molecule has 0 heterocycles. The van der Waals surface area contributed by atoms with Crippen LogP contribution in [0.2, 0.25) is 0 Å². The average Bonchev–Trinajstić information content (AvgIpc) is 2.15. The first-order chi connectivity index (χ1) is 6.12. The van der Waals surface area contributed by atoms with Gasteiger partial charge in [-0.15, -0.1) is 0 Å². The van der Waals surface area contributed by atoms with Crippen LogP contribution in [0.15, 0.2) is 0 Å². The van der Waals surface area contributed by atoms with Gasteiger partial charge in [0.15, 0.2) is 0 Å². The molecule has 82 valence electrons. The SMILES string of the molecule is CC.CCCNC(C)(C)CCNC. The Morgan fingerprint density at radius 3 is 2.00 bits per heavy atom. The van der Waals surface area contributed by atoms with Gasteiger partial charge in [-0.05, 0) is 46.8 Å². The first-order valence-corrected chi connectivity index (χ1v) is 5.52. The molecule has 0 rings (SSSR count). The normalized spacial score (nSPS) is 10.6. The number of hydrogen-bond donors (Lipinski definition) is 2. The Hall–Kier alpha value is -0.0800. The first kappa shape index (κ1) is 15.4. The van der Waals surface area contributed by atoms with Crippen LogP contribution in [0.1, 0.15) is 47.5 Å². The molecule has 0 saturated heterocycles. The van der Waals surface area contributed by atoms with Gasteiger partial charge in [-0.1, -0.05) is 20.8 Å². The maximum absolute atomic E-state index is 3.50. The molecule has 2 N–H and O–H groups in total. The fourth-order valence-electron chi connectivity index (χ4n) is 0.989. The molecule has 0 aliphatic carbocycles. The van der Waals surface area contributed by atoms with E-state index in [1.54, 1.807) is 0 Å². The second-order valence-corrected chi connectivity index (χ2v) is 3.66. The van der Waals surface area contributed by atoms with Crippen molar-refractivity contribution in [1.29, 1.82) is 0 Å². The molecular weight excluding hydrogens is 160 g/mol. The van der Waals surface area contributed by atoms with Gasteiger partial charge in [0, 0.05) is 5.54 Å². The monoisotopic (exact) mass is 188 g/mol. The molecule has 0 aromatic heterocycles. The van der Waals surface area contributed by atoms with Crippen LogP contribution in [0.25, 0.3) is 0 Å². The quantitative estimate of drug-likeness (QED) is 0.669. The Kier molecular flexibility index (Phi) is 11.8. The highest BCUT2D eigenvalue weighted by molar-refractivity contribution is 4.77. The van der Waals surface area contributed by atoms with E-state index in [-0.39, 0.29) is 0 Å². The lowest BCUT2D eigenvalue weighted by Crippen LogP contribution is -2.41. The molecule has 0 atom stereocenters. The predicted molar refractivity (Wildman–Crippen MR) is 62.3 cm³/mol. The molecule has 13 heavy (non-hydrogen) atoms. The van der Waals surface area contributed by atoms with Crippen molar-refractivity contribution in [2.45, 2.75) is 53.0 Å². The van der Waals surface area contributed by atoms with E-state index < -0.39 is 0 Å². The zero-order valence-electron chi connectivity index (χ0n) is 10.3. The van der Waals surface area contributed by atoms with Crippen LogP contribution in [-0.4, -0.2) is 25.7 Å². The average molecular weight is 188 g/mol. The highest BCUT2D eigenvalue weighted by Gasteiger charge is 2.14. The van der Waals surface area contributed by atoms with E-state index in [2.05, 4.69) is 31.4 Å². The topological polar surface area (TPSA) is 24.1 Å². The highest BCUT2D eigenvalue weighted by Crippen LogP contribution is 2.06. The predicted octanol–water partition coefficient (Wildman–Crippen LogP) is 2.40. The Morgan fingerprint density at radius 1 is 1.08 bits per heavy atom. The van der Waals surface area contributed by atoms with Gasteiger partial charge in [0.1, 0.15) is 0 Å². The molecule has 0 unspecified atom stereocenters. The summed E-state index contributed by atoms with van der Waals surface area (Å²) in [6.45, 7) is 12.9. The summed E-state index contributed by atoms with van der Waals surface area (Å²) >= 11 is 0. The number of nitrogens with one attached hydrogen (secondary N) is 2. The zero-order chi connectivity index (χ0) is 10.7. The first-order valence-electron chi connectivity index (χ1n) is 5.52. The minimum absolute atomic E-state index is 0.291. The van der Waals surface area contributed by atoms with Crippen LogP contribution in [-0.2, 0) is 0 Å². The van der Waals surface area contributed by atoms with Crippen molar-refractivity contribution < 1.29 is 0 Å². The van der Waals surface area contributed by atoms with Gasteiger partial charge in [0.05, 0.1) is 0 Å². The van der Waals surface area contributed by atoms with Gasteiger partial charge in [-0.3, -0.25) is 0 Å². The molecule has 2 nitrogen and oxygen atoms in total. The Bertz CT molecular complexity index is 80.1. The van der Waals surface area contributed by atoms with Crippen molar-refractivity contribution in [1.82, 2.24) is 10.6 Å². The standard InChI is InChI=1S/C9H22N2.C2H6/c1-5-7-11-9(2,3)6-8-10-4;1-2/h10-11H,5-8H2,1-4H3;1-2H3. The summed E-state index contributed by atoms with van der Waals surface area (Å²) < 4.78 is 0. The molecule has 0 radical (unpaired) electrons. The lowest BCUT2D eigenvalue weighted by molar-refractivity contribution is 0.360. The smallest absolute Gasteiger partial charge is 0.0137 e. The van der Waals surface area contributed by atoms with Crippen molar-refractivity contribution in [3.8, 4) is 0 Å². The van der Waals surface area contributed by atoms with Crippen molar-refractivity contribution >= 4 is 0 Å². The Balaban J connectivity index is 0. The number of hydrogen-bond acceptors (Lipinski definition) is 2. The lowest BCUT2D eigenvalue weighted by atomic mass is 10.0. The van der Waals surface area contributed by atoms with Crippen molar-refractivity contribution in [2.75, 3.05) is 20.1 Å². The van der Waals surface area contributed by atoms with E-state index in [4.69, 9.17) is 0 Å². The Labute approximate surface area is 84.5 Å². The third-order valence-electron chi connectivity index (χ3n) is 1.85. The molecule has 0 aliphatic rings. The molecule has 2 heteroatoms. The fourth-order valence-corrected chi connectivity index (χ4v) is 0.989. The minimum Gasteiger partial charge on any atom is -0.320 e. The summed E-state index contributed by atoms with van der Waals surface area (Å²) in [6, 6.07) is 0. The summed E-state index contributed by atoms with van der Waals surface area (Å²) in [5.41, 5.74) is 0.291. The molecule has 0 saturated carbocycles. The van der Waals surface area contributed by atoms with Crippen LogP contribution in [0, 0.1) is 0 Å². The molecule has 0 aliphatic heterocycles. The number of rotatable bonds is 6. The molecule has 0 spiro atoms. The van der Waals surface area contributed by atoms with Crippen LogP contribution in [0.4, 0.5) is 0 Å². The van der Waals surface area contributed by atoms with Crippen LogP contribution in [0.3, 0.4) is 0 Å². The lowest BCUT2D eigenvalue weighted by Gasteiger charge is -2.26. The van der Waals surface area contributed by atoms with E-state index in [1.807, 2.05) is 20.9 Å². The molecular formula is C11H28N2. The minimum atomic E-state index is 0.291. The summed E-state index contributed by atoms with van der Waals surface area (Å²) in [5, 5.41) is 6.66. The fraction of sp³-hybridized carbons (Fsp3) is 1.00. The third-order valence-corrected chi connectivity index (χ3v) is 1.85. The molecule has 0 aromatic rings. The molecule has 0 aromatic carbocycles. The Morgan fingerprint density at radius 2 is 1.62 bits per heavy atom. The summed E-state index contributed by atoms with van der Waals surface area (Å²) in [6.07, 6.45) is 2.40. The van der Waals surface area contributed by atoms with Gasteiger partial charge in [-0.25, -0.2) is 0 Å². The van der Waals surface area contributed by atoms with E-state index in [0.717, 1.165) is 13.1 Å². The van der Waals surface area contributed by atoms with Crippen molar-refractivity contribution in [3.63, 3.8) is 0 Å². The van der Waals surface area contributed by atoms with Gasteiger partial charge >= 0.3 is 0 Å². The second-order valence-electron chi connectivity index (χ2n) is 3.66. The van der Waals surface area contributed by atoms with Crippen LogP contribution >= 0.6 is 0 Å². The van der Waals surface area contributed by atoms with Gasteiger partial charge in [-0.2, -0.15) is 0 Å². The zero-order valence-corrected chi connectivity index (χ0v) is 10.3. The molecule has 0 bridgehead atoms. The summed E-state index contributed by atoms with van der Waals surface area (Å²) in [5.74, 6) is 0. The second kappa shape index (κ2) is 10.0. The van der Waals surface area contributed by atoms with Crippen molar-refractivity contribution in [2.24, 2.45) is 0 Å². The largest absolute Gasteiger partial charge is 0.320 e. The molecule has 0 fully saturated rings. The summed E-state index contributed by atoms with van der Waals surface area (Å²) in [4.78, 5) is 0. The van der Waals surface area contributed by atoms with Crippen LogP contribution in [0.5, 0.6) is 0 Å². The maximum Gasteiger partial charge on any atom is 0.0137 e. The van der Waals surface area contributed by atoms with E-state index in [0.29, 0.717) is 5.54 Å². The van der Waals surface area contributed by atoms with Crippen LogP contribution < -0.4 is 10.6 Å². The van der Waals surface area contributed by atoms with E-state index in [1.165, 1.54) is 12.8 Å². The summed E-state index contributed by atoms with van der Waals surface area (Å²) in [7, 11) is 2.00. The van der Waals surface area contributed by atoms with Gasteiger partial charge < -0.3 is 10.6 Å². The van der Waals surface area contributed by atoms with Gasteiger partial charge in [0.25, 0.3) is 0 Å². The maximum atomic E-state index is 3.50. The van der Waals surface area contributed by atoms with E-state index in [9.17, 15) is 0 Å². The highest BCUT2D eigenvalue weighted by atomic mass is 15.0. The molecule has 0 amide bonds. The third kappa shape index (κ3) is 11.9. The van der Waals surface area contributed by atoms with Gasteiger partial charge in [0.2, 0.25) is 0 Å².